The maximum absolute atomic E-state index is 12.0. The number of esters is 1. The van der Waals surface area contributed by atoms with E-state index in [4.69, 9.17) is 21.6 Å². The molecule has 8 heteroatoms. The number of nitrogens with zero attached hydrogens (tertiary/aromatic N) is 2. The maximum Gasteiger partial charge on any atom is 0.340 e. The number of halogens is 1. The second kappa shape index (κ2) is 7.85. The Morgan fingerprint density at radius 1 is 1.31 bits per heavy atom. The summed E-state index contributed by atoms with van der Waals surface area (Å²) < 4.78 is 4.97. The van der Waals surface area contributed by atoms with Crippen molar-refractivity contribution in [3.05, 3.63) is 52.7 Å². The van der Waals surface area contributed by atoms with Crippen LogP contribution >= 0.6 is 11.6 Å². The average Bonchev–Trinajstić information content (AvgIpc) is 3.44. The Labute approximate surface area is 154 Å². The first-order valence-corrected chi connectivity index (χ1v) is 8.32. The molecule has 1 aliphatic rings. The number of hydrogen-bond acceptors (Lipinski definition) is 6. The van der Waals surface area contributed by atoms with E-state index in [1.807, 2.05) is 6.07 Å². The quantitative estimate of drug-likeness (QED) is 0.757. The van der Waals surface area contributed by atoms with E-state index in [1.165, 1.54) is 18.3 Å². The van der Waals surface area contributed by atoms with Crippen molar-refractivity contribution < 1.29 is 14.3 Å². The number of rotatable bonds is 6. The Kier molecular flexibility index (Phi) is 5.34. The molecule has 2 N–H and O–H groups in total. The van der Waals surface area contributed by atoms with Gasteiger partial charge in [-0.1, -0.05) is 11.6 Å². The van der Waals surface area contributed by atoms with Crippen molar-refractivity contribution in [1.82, 2.24) is 4.98 Å². The predicted molar refractivity (Wildman–Crippen MR) is 96.0 cm³/mol. The van der Waals surface area contributed by atoms with Gasteiger partial charge in [0.05, 0.1) is 16.1 Å². The molecule has 0 unspecified atom stereocenters. The summed E-state index contributed by atoms with van der Waals surface area (Å²) in [5.74, 6) is -0.443. The highest BCUT2D eigenvalue weighted by Crippen LogP contribution is 2.23. The first-order valence-electron chi connectivity index (χ1n) is 7.94. The van der Waals surface area contributed by atoms with Gasteiger partial charge in [-0.2, -0.15) is 5.26 Å². The molecular formula is C18H15ClN4O3. The zero-order chi connectivity index (χ0) is 18.5. The minimum atomic E-state index is -0.636. The molecule has 1 aromatic heterocycles. The lowest BCUT2D eigenvalue weighted by molar-refractivity contribution is -0.119. The Morgan fingerprint density at radius 3 is 2.73 bits per heavy atom. The molecule has 1 fully saturated rings. The fourth-order valence-electron chi connectivity index (χ4n) is 2.13. The summed E-state index contributed by atoms with van der Waals surface area (Å²) in [6.45, 7) is -0.446. The standard InChI is InChI=1S/C18H15ClN4O3/c19-15-7-14(3-1-11(15)8-20)23-17(24)10-26-18(25)12-2-6-16(21-9-12)22-13-4-5-13/h1-3,6-7,9,13H,4-5,10H2,(H,21,22)(H,23,24). The van der Waals surface area contributed by atoms with Gasteiger partial charge < -0.3 is 15.4 Å². The van der Waals surface area contributed by atoms with E-state index in [1.54, 1.807) is 18.2 Å². The van der Waals surface area contributed by atoms with Gasteiger partial charge in [0.15, 0.2) is 6.61 Å². The van der Waals surface area contributed by atoms with E-state index in [-0.39, 0.29) is 10.6 Å². The van der Waals surface area contributed by atoms with Crippen LogP contribution in [0.25, 0.3) is 0 Å². The summed E-state index contributed by atoms with van der Waals surface area (Å²) in [5.41, 5.74) is 0.982. The van der Waals surface area contributed by atoms with E-state index in [2.05, 4.69) is 15.6 Å². The number of nitriles is 1. The lowest BCUT2D eigenvalue weighted by atomic mass is 10.2. The van der Waals surface area contributed by atoms with Crippen LogP contribution < -0.4 is 10.6 Å². The van der Waals surface area contributed by atoms with Crippen LogP contribution in [0.15, 0.2) is 36.5 Å². The number of hydrogen-bond donors (Lipinski definition) is 2. The Hall–Kier alpha value is -3.11. The molecule has 1 aromatic carbocycles. The van der Waals surface area contributed by atoms with Crippen molar-refractivity contribution in [2.45, 2.75) is 18.9 Å². The topological polar surface area (TPSA) is 104 Å². The monoisotopic (exact) mass is 370 g/mol. The van der Waals surface area contributed by atoms with Crippen LogP contribution in [0, 0.1) is 11.3 Å². The first kappa shape index (κ1) is 17.7. The van der Waals surface area contributed by atoms with E-state index in [0.717, 1.165) is 12.8 Å². The first-order chi connectivity index (χ1) is 12.5. The largest absolute Gasteiger partial charge is 0.452 e. The van der Waals surface area contributed by atoms with Gasteiger partial charge in [-0.3, -0.25) is 4.79 Å². The molecule has 26 heavy (non-hydrogen) atoms. The van der Waals surface area contributed by atoms with Gasteiger partial charge in [-0.15, -0.1) is 0 Å². The fraction of sp³-hybridized carbons (Fsp3) is 0.222. The zero-order valence-electron chi connectivity index (χ0n) is 13.7. The molecule has 1 saturated carbocycles. The van der Waals surface area contributed by atoms with Gasteiger partial charge in [0.2, 0.25) is 0 Å². The Morgan fingerprint density at radius 2 is 2.12 bits per heavy atom. The van der Waals surface area contributed by atoms with Crippen molar-refractivity contribution in [2.75, 3.05) is 17.2 Å². The highest BCUT2D eigenvalue weighted by atomic mass is 35.5. The highest BCUT2D eigenvalue weighted by Gasteiger charge is 2.21. The molecule has 3 rings (SSSR count). The van der Waals surface area contributed by atoms with Crippen LogP contribution in [-0.2, 0) is 9.53 Å². The molecule has 0 spiro atoms. The summed E-state index contributed by atoms with van der Waals surface area (Å²) in [4.78, 5) is 28.0. The molecule has 0 bridgehead atoms. The van der Waals surface area contributed by atoms with Gasteiger partial charge in [0, 0.05) is 17.9 Å². The summed E-state index contributed by atoms with van der Waals surface area (Å²) in [6, 6.07) is 10.2. The van der Waals surface area contributed by atoms with Crippen molar-refractivity contribution in [3.8, 4) is 6.07 Å². The molecule has 0 radical (unpaired) electrons. The fourth-order valence-corrected chi connectivity index (χ4v) is 2.35. The third-order valence-corrected chi connectivity index (χ3v) is 3.95. The molecule has 1 aliphatic carbocycles. The molecule has 1 heterocycles. The van der Waals surface area contributed by atoms with Crippen LogP contribution in [0.4, 0.5) is 11.5 Å². The third kappa shape index (κ3) is 4.71. The predicted octanol–water partition coefficient (Wildman–Crippen LogP) is 2.98. The van der Waals surface area contributed by atoms with Crippen molar-refractivity contribution in [2.24, 2.45) is 0 Å². The van der Waals surface area contributed by atoms with Crippen molar-refractivity contribution in [3.63, 3.8) is 0 Å². The Bertz CT molecular complexity index is 873. The molecule has 0 aliphatic heterocycles. The van der Waals surface area contributed by atoms with Crippen molar-refractivity contribution in [1.29, 1.82) is 5.26 Å². The molecule has 0 atom stereocenters. The number of carbonyl (C=O) groups excluding carboxylic acids is 2. The van der Waals surface area contributed by atoms with Crippen LogP contribution in [0.5, 0.6) is 0 Å². The molecule has 0 saturated heterocycles. The number of carbonyl (C=O) groups is 2. The van der Waals surface area contributed by atoms with Gasteiger partial charge in [-0.25, -0.2) is 9.78 Å². The van der Waals surface area contributed by atoms with Crippen LogP contribution in [-0.4, -0.2) is 29.5 Å². The van der Waals surface area contributed by atoms with E-state index in [9.17, 15) is 9.59 Å². The summed E-state index contributed by atoms with van der Waals surface area (Å²) in [5, 5.41) is 14.8. The number of aromatic nitrogens is 1. The number of pyridine rings is 1. The smallest absolute Gasteiger partial charge is 0.340 e. The molecular weight excluding hydrogens is 356 g/mol. The summed E-state index contributed by atoms with van der Waals surface area (Å²) in [6.07, 6.45) is 3.67. The lowest BCUT2D eigenvalue weighted by Gasteiger charge is -2.08. The minimum absolute atomic E-state index is 0.230. The number of benzene rings is 1. The molecule has 132 valence electrons. The third-order valence-electron chi connectivity index (χ3n) is 3.64. The number of nitrogens with one attached hydrogen (secondary N) is 2. The van der Waals surface area contributed by atoms with Crippen LogP contribution in [0.3, 0.4) is 0 Å². The Balaban J connectivity index is 1.49. The second-order valence-electron chi connectivity index (χ2n) is 5.78. The number of ether oxygens (including phenoxy) is 1. The van der Waals surface area contributed by atoms with Gasteiger partial charge in [0.25, 0.3) is 5.91 Å². The zero-order valence-corrected chi connectivity index (χ0v) is 14.4. The van der Waals surface area contributed by atoms with E-state index < -0.39 is 18.5 Å². The maximum atomic E-state index is 12.0. The minimum Gasteiger partial charge on any atom is -0.452 e. The summed E-state index contributed by atoms with van der Waals surface area (Å²) >= 11 is 5.90. The average molecular weight is 371 g/mol. The summed E-state index contributed by atoms with van der Waals surface area (Å²) in [7, 11) is 0. The van der Waals surface area contributed by atoms with Gasteiger partial charge >= 0.3 is 5.97 Å². The number of anilines is 2. The van der Waals surface area contributed by atoms with Gasteiger partial charge in [-0.05, 0) is 43.2 Å². The van der Waals surface area contributed by atoms with Crippen molar-refractivity contribution >= 4 is 35.0 Å². The molecule has 7 nitrogen and oxygen atoms in total. The molecule has 1 amide bonds. The van der Waals surface area contributed by atoms with Crippen LogP contribution in [0.2, 0.25) is 5.02 Å². The highest BCUT2D eigenvalue weighted by molar-refractivity contribution is 6.32. The SMILES string of the molecule is N#Cc1ccc(NC(=O)COC(=O)c2ccc(NC3CC3)nc2)cc1Cl. The van der Waals surface area contributed by atoms with Crippen LogP contribution in [0.1, 0.15) is 28.8 Å². The number of amides is 1. The normalized spacial score (nSPS) is 12.8. The van der Waals surface area contributed by atoms with E-state index in [0.29, 0.717) is 23.1 Å². The van der Waals surface area contributed by atoms with Gasteiger partial charge in [0.1, 0.15) is 11.9 Å². The molecule has 2 aromatic rings. The lowest BCUT2D eigenvalue weighted by Crippen LogP contribution is -2.21. The second-order valence-corrected chi connectivity index (χ2v) is 6.19. The van der Waals surface area contributed by atoms with E-state index >= 15 is 0 Å².